The number of rotatable bonds is 2. The highest BCUT2D eigenvalue weighted by molar-refractivity contribution is 6.25. The summed E-state index contributed by atoms with van der Waals surface area (Å²) in [7, 11) is 0. The van der Waals surface area contributed by atoms with E-state index < -0.39 is 0 Å². The maximum atomic E-state index is 9.44. The summed E-state index contributed by atoms with van der Waals surface area (Å²) in [5, 5.41) is 19.0. The van der Waals surface area contributed by atoms with Crippen molar-refractivity contribution < 1.29 is 4.74 Å². The molecule has 1 aliphatic heterocycles. The molecule has 0 amide bonds. The third-order valence-electron chi connectivity index (χ3n) is 8.77. The summed E-state index contributed by atoms with van der Waals surface area (Å²) < 4.78 is 6.40. The zero-order valence-electron chi connectivity index (χ0n) is 23.0. The molecule has 3 heteroatoms. The summed E-state index contributed by atoms with van der Waals surface area (Å²) in [5.41, 5.74) is 7.37. The van der Waals surface area contributed by atoms with Crippen molar-refractivity contribution >= 4 is 43.1 Å². The third-order valence-corrected chi connectivity index (χ3v) is 8.77. The van der Waals surface area contributed by atoms with Crippen molar-refractivity contribution in [2.24, 2.45) is 0 Å². The Hall–Kier alpha value is -5.98. The van der Waals surface area contributed by atoms with Crippen LogP contribution in [0.4, 0.5) is 0 Å². The molecule has 0 saturated heterocycles. The van der Waals surface area contributed by atoms with E-state index in [-0.39, 0.29) is 0 Å². The molecule has 0 unspecified atom stereocenters. The minimum atomic E-state index is 0.590. The largest absolute Gasteiger partial charge is 0.456 e. The average molecular weight is 547 g/mol. The van der Waals surface area contributed by atoms with E-state index in [0.717, 1.165) is 39.0 Å². The van der Waals surface area contributed by atoms with Crippen LogP contribution in [0.15, 0.2) is 134 Å². The first-order valence-electron chi connectivity index (χ1n) is 14.3. The normalized spacial score (nSPS) is 11.9. The Bertz CT molecular complexity index is 2490. The minimum absolute atomic E-state index is 0.590. The Morgan fingerprint density at radius 3 is 1.91 bits per heavy atom. The molecule has 8 aromatic rings. The quantitative estimate of drug-likeness (QED) is 0.203. The van der Waals surface area contributed by atoms with Gasteiger partial charge in [0.2, 0.25) is 0 Å². The molecule has 0 radical (unpaired) electrons. The van der Waals surface area contributed by atoms with Gasteiger partial charge in [-0.25, -0.2) is 0 Å². The Morgan fingerprint density at radius 2 is 1.16 bits per heavy atom. The Balaban J connectivity index is 1.37. The van der Waals surface area contributed by atoms with E-state index in [1.807, 2.05) is 42.7 Å². The second-order valence-electron chi connectivity index (χ2n) is 11.0. The van der Waals surface area contributed by atoms with Crippen LogP contribution in [0.2, 0.25) is 0 Å². The van der Waals surface area contributed by atoms with E-state index in [1.165, 1.54) is 49.0 Å². The standard InChI is InChI=1S/C40H22N2O/c41-22-24-14-15-31-33-17-16-30(32-12-5-13-38(40(32)33)43-39(31)19-24)35-21-37-27-9-2-1-8-26(27)34(25-7-6-18-42-23-25)20-36(37)29-11-4-3-10-28(29)35/h1-21,23H. The number of pyridine rings is 1. The first kappa shape index (κ1) is 23.7. The second kappa shape index (κ2) is 9.01. The van der Waals surface area contributed by atoms with Crippen LogP contribution in [0.3, 0.4) is 0 Å². The highest BCUT2D eigenvalue weighted by Gasteiger charge is 2.23. The molecular weight excluding hydrogens is 524 g/mol. The lowest BCUT2D eigenvalue weighted by Gasteiger charge is -2.23. The average Bonchev–Trinajstić information content (AvgIpc) is 3.08. The summed E-state index contributed by atoms with van der Waals surface area (Å²) in [4.78, 5) is 4.42. The number of nitrogens with zero attached hydrogens (tertiary/aromatic N) is 2. The molecule has 43 heavy (non-hydrogen) atoms. The van der Waals surface area contributed by atoms with Gasteiger partial charge in [-0.05, 0) is 102 Å². The number of hydrogen-bond donors (Lipinski definition) is 0. The number of hydrogen-bond acceptors (Lipinski definition) is 3. The van der Waals surface area contributed by atoms with Crippen LogP contribution in [-0.2, 0) is 0 Å². The smallest absolute Gasteiger partial charge is 0.136 e. The van der Waals surface area contributed by atoms with Gasteiger partial charge in [-0.15, -0.1) is 0 Å². The van der Waals surface area contributed by atoms with Crippen LogP contribution in [-0.4, -0.2) is 4.98 Å². The predicted molar refractivity (Wildman–Crippen MR) is 175 cm³/mol. The van der Waals surface area contributed by atoms with E-state index in [9.17, 15) is 5.26 Å². The maximum absolute atomic E-state index is 9.44. The van der Waals surface area contributed by atoms with Gasteiger partial charge >= 0.3 is 0 Å². The molecule has 0 spiro atoms. The van der Waals surface area contributed by atoms with Gasteiger partial charge in [-0.2, -0.15) is 5.26 Å². The van der Waals surface area contributed by atoms with Crippen LogP contribution in [0.5, 0.6) is 11.5 Å². The molecule has 0 fully saturated rings. The zero-order chi connectivity index (χ0) is 28.5. The van der Waals surface area contributed by atoms with Crippen LogP contribution >= 0.6 is 0 Å². The lowest BCUT2D eigenvalue weighted by atomic mass is 9.85. The Labute approximate surface area is 247 Å². The first-order chi connectivity index (χ1) is 21.3. The van der Waals surface area contributed by atoms with E-state index in [4.69, 9.17) is 4.74 Å². The van der Waals surface area contributed by atoms with Crippen LogP contribution in [0.25, 0.3) is 76.5 Å². The van der Waals surface area contributed by atoms with Gasteiger partial charge in [-0.3, -0.25) is 4.98 Å². The molecule has 0 atom stereocenters. The SMILES string of the molecule is N#Cc1ccc2c(c1)Oc1cccc3c(-c4cc5c6ccccc6c(-c6cccnc6)cc5c5ccccc45)ccc-2c13. The topological polar surface area (TPSA) is 45.9 Å². The van der Waals surface area contributed by atoms with Gasteiger partial charge < -0.3 is 4.74 Å². The third kappa shape index (κ3) is 3.44. The number of benzene rings is 7. The summed E-state index contributed by atoms with van der Waals surface area (Å²) in [6.45, 7) is 0. The number of fused-ring (bicyclic) bond motifs is 7. The minimum Gasteiger partial charge on any atom is -0.456 e. The molecule has 0 N–H and O–H groups in total. The highest BCUT2D eigenvalue weighted by Crippen LogP contribution is 2.50. The molecule has 0 aliphatic carbocycles. The van der Waals surface area contributed by atoms with E-state index in [2.05, 4.69) is 102 Å². The molecular formula is C40H22N2O. The van der Waals surface area contributed by atoms with Gasteiger partial charge in [0.25, 0.3) is 0 Å². The van der Waals surface area contributed by atoms with E-state index in [0.29, 0.717) is 5.56 Å². The zero-order valence-corrected chi connectivity index (χ0v) is 23.0. The van der Waals surface area contributed by atoms with Crippen molar-refractivity contribution in [2.75, 3.05) is 0 Å². The summed E-state index contributed by atoms with van der Waals surface area (Å²) in [6, 6.07) is 44.9. The molecule has 1 aromatic heterocycles. The summed E-state index contributed by atoms with van der Waals surface area (Å²) in [5.74, 6) is 1.53. The van der Waals surface area contributed by atoms with Crippen molar-refractivity contribution in [1.29, 1.82) is 5.26 Å². The lowest BCUT2D eigenvalue weighted by molar-refractivity contribution is 0.487. The van der Waals surface area contributed by atoms with Crippen molar-refractivity contribution in [3.63, 3.8) is 0 Å². The lowest BCUT2D eigenvalue weighted by Crippen LogP contribution is -1.98. The molecule has 9 rings (SSSR count). The molecule has 2 heterocycles. The van der Waals surface area contributed by atoms with E-state index in [1.54, 1.807) is 0 Å². The molecule has 0 bridgehead atoms. The first-order valence-corrected chi connectivity index (χ1v) is 14.3. The number of nitriles is 1. The van der Waals surface area contributed by atoms with Gasteiger partial charge in [0.15, 0.2) is 0 Å². The Morgan fingerprint density at radius 1 is 0.488 bits per heavy atom. The van der Waals surface area contributed by atoms with Gasteiger partial charge in [0.1, 0.15) is 11.5 Å². The van der Waals surface area contributed by atoms with Crippen molar-refractivity contribution in [1.82, 2.24) is 4.98 Å². The Kier molecular flexibility index (Phi) is 4.97. The number of ether oxygens (including phenoxy) is 1. The van der Waals surface area contributed by atoms with Crippen LogP contribution in [0, 0.1) is 11.3 Å². The fraction of sp³-hybridized carbons (Fsp3) is 0. The molecule has 1 aliphatic rings. The fourth-order valence-corrected chi connectivity index (χ4v) is 6.87. The molecule has 0 saturated carbocycles. The maximum Gasteiger partial charge on any atom is 0.136 e. The van der Waals surface area contributed by atoms with Gasteiger partial charge in [0, 0.05) is 28.9 Å². The van der Waals surface area contributed by atoms with Gasteiger partial charge in [0.05, 0.1) is 11.6 Å². The predicted octanol–water partition coefficient (Wildman–Crippen LogP) is 10.7. The second-order valence-corrected chi connectivity index (χ2v) is 11.0. The molecule has 3 nitrogen and oxygen atoms in total. The van der Waals surface area contributed by atoms with Gasteiger partial charge in [-0.1, -0.05) is 78.9 Å². The van der Waals surface area contributed by atoms with Crippen molar-refractivity contribution in [3.05, 3.63) is 139 Å². The van der Waals surface area contributed by atoms with Crippen molar-refractivity contribution in [2.45, 2.75) is 0 Å². The summed E-state index contributed by atoms with van der Waals surface area (Å²) in [6.07, 6.45) is 3.77. The fourth-order valence-electron chi connectivity index (χ4n) is 6.87. The van der Waals surface area contributed by atoms with Crippen LogP contribution < -0.4 is 4.74 Å². The molecule has 198 valence electrons. The van der Waals surface area contributed by atoms with Crippen molar-refractivity contribution in [3.8, 4) is 50.9 Å². The van der Waals surface area contributed by atoms with Crippen LogP contribution in [0.1, 0.15) is 5.56 Å². The molecule has 7 aromatic carbocycles. The van der Waals surface area contributed by atoms with E-state index >= 15 is 0 Å². The summed E-state index contributed by atoms with van der Waals surface area (Å²) >= 11 is 0. The highest BCUT2D eigenvalue weighted by atomic mass is 16.5. The number of aromatic nitrogens is 1. The monoisotopic (exact) mass is 546 g/mol.